The van der Waals surface area contributed by atoms with Crippen LogP contribution in [0.5, 0.6) is 0 Å². The number of carbonyl (C=O) groups excluding carboxylic acids is 1. The largest absolute Gasteiger partial charge is 0.393 e. The van der Waals surface area contributed by atoms with Gasteiger partial charge in [0.05, 0.1) is 6.10 Å². The number of rotatable bonds is 3. The van der Waals surface area contributed by atoms with E-state index in [4.69, 9.17) is 5.11 Å². The van der Waals surface area contributed by atoms with Crippen LogP contribution in [-0.4, -0.2) is 28.6 Å². The molecule has 0 aliphatic heterocycles. The third-order valence-corrected chi connectivity index (χ3v) is 3.06. The summed E-state index contributed by atoms with van der Waals surface area (Å²) >= 11 is 0. The lowest BCUT2D eigenvalue weighted by Crippen LogP contribution is -2.39. The molecule has 5 heteroatoms. The van der Waals surface area contributed by atoms with Crippen molar-refractivity contribution >= 4 is 5.91 Å². The van der Waals surface area contributed by atoms with Crippen LogP contribution < -0.4 is 10.7 Å². The third kappa shape index (κ3) is 2.74. The minimum Gasteiger partial charge on any atom is -0.393 e. The van der Waals surface area contributed by atoms with Gasteiger partial charge in [-0.05, 0) is 25.7 Å². The maximum atomic E-state index is 11.7. The summed E-state index contributed by atoms with van der Waals surface area (Å²) in [6.45, 7) is 2.28. The fraction of sp³-hybridized carbons (Fsp3) is 0.500. The molecule has 1 aliphatic carbocycles. The van der Waals surface area contributed by atoms with Crippen molar-refractivity contribution in [3.63, 3.8) is 0 Å². The second-order valence-electron chi connectivity index (χ2n) is 4.60. The van der Waals surface area contributed by atoms with E-state index >= 15 is 0 Å². The van der Waals surface area contributed by atoms with Crippen LogP contribution in [0.1, 0.15) is 28.9 Å². The maximum Gasteiger partial charge on any atom is 0.256 e. The van der Waals surface area contributed by atoms with Crippen LogP contribution in [0.2, 0.25) is 0 Å². The molecular weight excluding hydrogens is 220 g/mol. The van der Waals surface area contributed by atoms with Crippen LogP contribution in [0, 0.1) is 12.8 Å². The molecule has 0 radical (unpaired) electrons. The number of hydrogen-bond acceptors (Lipinski definition) is 3. The van der Waals surface area contributed by atoms with Gasteiger partial charge in [0.2, 0.25) is 0 Å². The highest BCUT2D eigenvalue weighted by atomic mass is 16.3. The molecule has 2 rings (SSSR count). The van der Waals surface area contributed by atoms with Gasteiger partial charge in [-0.3, -0.25) is 9.59 Å². The van der Waals surface area contributed by atoms with Gasteiger partial charge in [-0.15, -0.1) is 0 Å². The predicted molar refractivity (Wildman–Crippen MR) is 62.9 cm³/mol. The van der Waals surface area contributed by atoms with Crippen LogP contribution in [0.15, 0.2) is 17.1 Å². The van der Waals surface area contributed by atoms with Gasteiger partial charge in [0.25, 0.3) is 5.91 Å². The van der Waals surface area contributed by atoms with Gasteiger partial charge in [0.1, 0.15) is 5.56 Å². The van der Waals surface area contributed by atoms with E-state index in [-0.39, 0.29) is 23.0 Å². The molecular formula is C12H16N2O3. The molecule has 0 aromatic carbocycles. The first-order valence-electron chi connectivity index (χ1n) is 5.72. The molecule has 1 fully saturated rings. The Morgan fingerprint density at radius 3 is 2.88 bits per heavy atom. The lowest BCUT2D eigenvalue weighted by molar-refractivity contribution is 0.0420. The normalized spacial score (nSPS) is 22.9. The molecule has 0 spiro atoms. The van der Waals surface area contributed by atoms with Crippen molar-refractivity contribution in [3.8, 4) is 0 Å². The fourth-order valence-electron chi connectivity index (χ4n) is 1.95. The van der Waals surface area contributed by atoms with Crippen LogP contribution in [0.25, 0.3) is 0 Å². The summed E-state index contributed by atoms with van der Waals surface area (Å²) in [5, 5.41) is 11.8. The molecule has 5 nitrogen and oxygen atoms in total. The molecule has 0 atom stereocenters. The van der Waals surface area contributed by atoms with E-state index in [1.165, 1.54) is 12.3 Å². The van der Waals surface area contributed by atoms with E-state index in [0.717, 1.165) is 18.5 Å². The van der Waals surface area contributed by atoms with Gasteiger partial charge in [0, 0.05) is 24.5 Å². The smallest absolute Gasteiger partial charge is 0.256 e. The van der Waals surface area contributed by atoms with Crippen molar-refractivity contribution in [2.24, 2.45) is 5.92 Å². The number of H-pyrrole nitrogens is 1. The molecule has 3 N–H and O–H groups in total. The van der Waals surface area contributed by atoms with E-state index < -0.39 is 0 Å². The number of aliphatic hydroxyl groups is 1. The van der Waals surface area contributed by atoms with E-state index in [0.29, 0.717) is 12.5 Å². The summed E-state index contributed by atoms with van der Waals surface area (Å²) in [6.07, 6.45) is 2.66. The molecule has 1 aliphatic rings. The first kappa shape index (κ1) is 11.9. The zero-order chi connectivity index (χ0) is 12.4. The first-order chi connectivity index (χ1) is 8.06. The van der Waals surface area contributed by atoms with Gasteiger partial charge in [-0.25, -0.2) is 0 Å². The molecule has 0 unspecified atom stereocenters. The second-order valence-corrected chi connectivity index (χ2v) is 4.60. The van der Waals surface area contributed by atoms with E-state index in [2.05, 4.69) is 10.3 Å². The van der Waals surface area contributed by atoms with Crippen molar-refractivity contribution in [2.45, 2.75) is 25.9 Å². The average Bonchev–Trinajstić information content (AvgIpc) is 2.22. The van der Waals surface area contributed by atoms with Crippen molar-refractivity contribution in [1.82, 2.24) is 10.3 Å². The maximum absolute atomic E-state index is 11.7. The highest BCUT2D eigenvalue weighted by Crippen LogP contribution is 2.26. The fourth-order valence-corrected chi connectivity index (χ4v) is 1.95. The molecule has 92 valence electrons. The minimum absolute atomic E-state index is 0.135. The van der Waals surface area contributed by atoms with E-state index in [1.54, 1.807) is 6.92 Å². The van der Waals surface area contributed by atoms with Gasteiger partial charge in [0.15, 0.2) is 5.43 Å². The molecule has 0 saturated heterocycles. The summed E-state index contributed by atoms with van der Waals surface area (Å²) < 4.78 is 0. The molecule has 17 heavy (non-hydrogen) atoms. The number of aromatic amines is 1. The number of aromatic nitrogens is 1. The lowest BCUT2D eigenvalue weighted by Gasteiger charge is -2.31. The zero-order valence-corrected chi connectivity index (χ0v) is 9.69. The summed E-state index contributed by atoms with van der Waals surface area (Å²) in [4.78, 5) is 26.1. The number of aryl methyl sites for hydroxylation is 1. The topological polar surface area (TPSA) is 82.2 Å². The minimum atomic E-state index is -0.354. The molecule has 1 amide bonds. The summed E-state index contributed by atoms with van der Waals surface area (Å²) in [5.74, 6) is -0.0221. The number of nitrogens with one attached hydrogen (secondary N) is 2. The Bertz CT molecular complexity index is 475. The molecule has 1 saturated carbocycles. The summed E-state index contributed by atoms with van der Waals surface area (Å²) in [7, 11) is 0. The summed E-state index contributed by atoms with van der Waals surface area (Å²) in [5.41, 5.74) is 0.594. The van der Waals surface area contributed by atoms with Crippen LogP contribution >= 0.6 is 0 Å². The van der Waals surface area contributed by atoms with Gasteiger partial charge in [-0.1, -0.05) is 0 Å². The molecule has 1 heterocycles. The number of carbonyl (C=O) groups is 1. The second kappa shape index (κ2) is 4.71. The molecule has 1 aromatic heterocycles. The average molecular weight is 236 g/mol. The highest BCUT2D eigenvalue weighted by molar-refractivity contribution is 5.93. The van der Waals surface area contributed by atoms with Crippen molar-refractivity contribution < 1.29 is 9.90 Å². The quantitative estimate of drug-likeness (QED) is 0.700. The van der Waals surface area contributed by atoms with Crippen LogP contribution in [0.4, 0.5) is 0 Å². The van der Waals surface area contributed by atoms with Crippen molar-refractivity contribution in [2.75, 3.05) is 6.54 Å². The monoisotopic (exact) mass is 236 g/mol. The van der Waals surface area contributed by atoms with E-state index in [1.807, 2.05) is 0 Å². The number of amides is 1. The predicted octanol–water partition coefficient (Wildman–Crippen LogP) is 0.184. The van der Waals surface area contributed by atoms with Crippen LogP contribution in [-0.2, 0) is 0 Å². The Balaban J connectivity index is 1.93. The third-order valence-electron chi connectivity index (χ3n) is 3.06. The number of pyridine rings is 1. The zero-order valence-electron chi connectivity index (χ0n) is 9.69. The molecule has 1 aromatic rings. The first-order valence-corrected chi connectivity index (χ1v) is 5.72. The highest BCUT2D eigenvalue weighted by Gasteiger charge is 2.27. The van der Waals surface area contributed by atoms with Gasteiger partial charge < -0.3 is 15.4 Å². The standard InChI is InChI=1S/C12H16N2O3/c1-7-2-11(16)10(6-13-7)12(17)14-5-8-3-9(15)4-8/h2,6,8-9,15H,3-5H2,1H3,(H,13,16)(H,14,17). The number of aliphatic hydroxyl groups excluding tert-OH is 1. The number of hydrogen-bond donors (Lipinski definition) is 3. The van der Waals surface area contributed by atoms with Crippen LogP contribution in [0.3, 0.4) is 0 Å². The Morgan fingerprint density at radius 2 is 2.29 bits per heavy atom. The lowest BCUT2D eigenvalue weighted by atomic mass is 9.82. The molecule has 0 bridgehead atoms. The SMILES string of the molecule is Cc1cc(=O)c(C(=O)NCC2CC(O)C2)c[nH]1. The Hall–Kier alpha value is -1.62. The summed E-state index contributed by atoms with van der Waals surface area (Å²) in [6, 6.07) is 1.40. The van der Waals surface area contributed by atoms with Crippen molar-refractivity contribution in [3.05, 3.63) is 33.7 Å². The van der Waals surface area contributed by atoms with Gasteiger partial charge >= 0.3 is 0 Å². The Morgan fingerprint density at radius 1 is 1.59 bits per heavy atom. The Labute approximate surface area is 98.9 Å². The van der Waals surface area contributed by atoms with Gasteiger partial charge in [-0.2, -0.15) is 0 Å². The van der Waals surface area contributed by atoms with E-state index in [9.17, 15) is 9.59 Å². The van der Waals surface area contributed by atoms with Crippen molar-refractivity contribution in [1.29, 1.82) is 0 Å². The Kier molecular flexibility index (Phi) is 3.28.